The number of benzene rings is 1. The van der Waals surface area contributed by atoms with Gasteiger partial charge in [0.15, 0.2) is 0 Å². The smallest absolute Gasteiger partial charge is 0.240 e. The summed E-state index contributed by atoms with van der Waals surface area (Å²) >= 11 is 0. The second-order valence-corrected chi connectivity index (χ2v) is 3.76. The maximum atomic E-state index is 11.0. The Bertz CT molecular complexity index is 443. The van der Waals surface area contributed by atoms with Gasteiger partial charge in [0.05, 0.1) is 5.71 Å². The molecule has 1 amide bonds. The minimum absolute atomic E-state index is 0.0377. The van der Waals surface area contributed by atoms with E-state index in [1.807, 2.05) is 24.3 Å². The van der Waals surface area contributed by atoms with Gasteiger partial charge in [-0.15, -0.1) is 0 Å². The molecular weight excluding hydrogens is 218 g/mol. The van der Waals surface area contributed by atoms with Crippen molar-refractivity contribution < 1.29 is 9.53 Å². The van der Waals surface area contributed by atoms with Crippen LogP contribution in [0.25, 0.3) is 0 Å². The van der Waals surface area contributed by atoms with Gasteiger partial charge in [0.1, 0.15) is 12.4 Å². The number of carbonyl (C=O) groups is 1. The first-order valence-electron chi connectivity index (χ1n) is 5.58. The lowest BCUT2D eigenvalue weighted by Gasteiger charge is -2.13. The number of rotatable bonds is 4. The number of ether oxygens (including phenoxy) is 1. The van der Waals surface area contributed by atoms with Crippen molar-refractivity contribution in [2.24, 2.45) is 10.8 Å². The topological polar surface area (TPSA) is 76.7 Å². The number of carbonyl (C=O) groups excluding carboxylic acids is 1. The molecular formula is C12H15N3O2. The van der Waals surface area contributed by atoms with Crippen LogP contribution in [0.3, 0.4) is 0 Å². The van der Waals surface area contributed by atoms with Crippen LogP contribution in [0, 0.1) is 0 Å². The molecule has 90 valence electrons. The molecule has 0 fully saturated rings. The molecule has 0 saturated carbocycles. The highest BCUT2D eigenvalue weighted by atomic mass is 16.5. The van der Waals surface area contributed by atoms with E-state index in [0.717, 1.165) is 17.0 Å². The molecule has 17 heavy (non-hydrogen) atoms. The Morgan fingerprint density at radius 2 is 2.29 bits per heavy atom. The molecule has 0 radical (unpaired) electrons. The Balaban J connectivity index is 2.13. The van der Waals surface area contributed by atoms with Crippen LogP contribution < -0.4 is 15.9 Å². The van der Waals surface area contributed by atoms with Gasteiger partial charge < -0.3 is 10.5 Å². The Morgan fingerprint density at radius 1 is 1.41 bits per heavy atom. The molecule has 1 heterocycles. The standard InChI is InChI=1S/C12H15N3O2/c13-6-7-17-10-3-1-2-9(8-10)11-4-5-12(16)15-14-11/h1-3,8H,4-7,13H2,(H,15,16). The summed E-state index contributed by atoms with van der Waals surface area (Å²) in [7, 11) is 0. The fraction of sp³-hybridized carbons (Fsp3) is 0.333. The van der Waals surface area contributed by atoms with Gasteiger partial charge in [-0.1, -0.05) is 12.1 Å². The normalized spacial score (nSPS) is 15.1. The van der Waals surface area contributed by atoms with Crippen LogP contribution in [0.4, 0.5) is 0 Å². The number of hydrogen-bond donors (Lipinski definition) is 2. The lowest BCUT2D eigenvalue weighted by atomic mass is 10.0. The van der Waals surface area contributed by atoms with Crippen molar-refractivity contribution in [3.05, 3.63) is 29.8 Å². The molecule has 0 atom stereocenters. The number of nitrogens with zero attached hydrogens (tertiary/aromatic N) is 1. The van der Waals surface area contributed by atoms with Gasteiger partial charge in [-0.05, 0) is 12.1 Å². The molecule has 1 aliphatic rings. The van der Waals surface area contributed by atoms with Crippen LogP contribution in [0.1, 0.15) is 18.4 Å². The van der Waals surface area contributed by atoms with E-state index < -0.39 is 0 Å². The summed E-state index contributed by atoms with van der Waals surface area (Å²) in [4.78, 5) is 11.0. The summed E-state index contributed by atoms with van der Waals surface area (Å²) in [6.07, 6.45) is 1.14. The van der Waals surface area contributed by atoms with Gasteiger partial charge in [0.25, 0.3) is 0 Å². The second kappa shape index (κ2) is 5.45. The molecule has 0 unspecified atom stereocenters. The SMILES string of the molecule is NCCOc1cccc(C2=NNC(=O)CC2)c1. The maximum Gasteiger partial charge on any atom is 0.240 e. The first kappa shape index (κ1) is 11.6. The van der Waals surface area contributed by atoms with Crippen LogP contribution in [-0.4, -0.2) is 24.8 Å². The van der Waals surface area contributed by atoms with Crippen molar-refractivity contribution in [3.63, 3.8) is 0 Å². The highest BCUT2D eigenvalue weighted by Gasteiger charge is 2.13. The minimum atomic E-state index is -0.0377. The molecule has 5 heteroatoms. The van der Waals surface area contributed by atoms with Crippen molar-refractivity contribution in [2.75, 3.05) is 13.2 Å². The predicted octanol–water partition coefficient (Wildman–Crippen LogP) is 0.638. The first-order valence-corrected chi connectivity index (χ1v) is 5.58. The lowest BCUT2D eigenvalue weighted by molar-refractivity contribution is -0.121. The lowest BCUT2D eigenvalue weighted by Crippen LogP contribution is -2.25. The van der Waals surface area contributed by atoms with E-state index in [1.54, 1.807) is 0 Å². The zero-order chi connectivity index (χ0) is 12.1. The van der Waals surface area contributed by atoms with E-state index in [-0.39, 0.29) is 5.91 Å². The van der Waals surface area contributed by atoms with E-state index in [1.165, 1.54) is 0 Å². The van der Waals surface area contributed by atoms with Gasteiger partial charge in [-0.3, -0.25) is 4.79 Å². The second-order valence-electron chi connectivity index (χ2n) is 3.76. The molecule has 0 bridgehead atoms. The van der Waals surface area contributed by atoms with Crippen LogP contribution in [0.5, 0.6) is 5.75 Å². The number of amides is 1. The number of nitrogens with one attached hydrogen (secondary N) is 1. The predicted molar refractivity (Wildman–Crippen MR) is 64.9 cm³/mol. The van der Waals surface area contributed by atoms with Crippen molar-refractivity contribution in [3.8, 4) is 5.75 Å². The van der Waals surface area contributed by atoms with Gasteiger partial charge in [-0.2, -0.15) is 5.10 Å². The summed E-state index contributed by atoms with van der Waals surface area (Å²) < 4.78 is 5.44. The molecule has 3 N–H and O–H groups in total. The quantitative estimate of drug-likeness (QED) is 0.801. The van der Waals surface area contributed by atoms with Crippen LogP contribution in [0.15, 0.2) is 29.4 Å². The molecule has 2 rings (SSSR count). The third kappa shape index (κ3) is 3.04. The number of hydrazone groups is 1. The van der Waals surface area contributed by atoms with Crippen molar-refractivity contribution in [1.29, 1.82) is 0 Å². The van der Waals surface area contributed by atoms with Crippen molar-refractivity contribution in [2.45, 2.75) is 12.8 Å². The average molecular weight is 233 g/mol. The monoisotopic (exact) mass is 233 g/mol. The fourth-order valence-electron chi connectivity index (χ4n) is 1.62. The number of hydrogen-bond acceptors (Lipinski definition) is 4. The van der Waals surface area contributed by atoms with Gasteiger partial charge in [0, 0.05) is 24.9 Å². The van der Waals surface area contributed by atoms with Crippen molar-refractivity contribution >= 4 is 11.6 Å². The zero-order valence-corrected chi connectivity index (χ0v) is 9.48. The van der Waals surface area contributed by atoms with E-state index in [0.29, 0.717) is 26.0 Å². The van der Waals surface area contributed by atoms with E-state index in [9.17, 15) is 4.79 Å². The molecule has 0 spiro atoms. The molecule has 1 aliphatic heterocycles. The molecule has 1 aromatic rings. The van der Waals surface area contributed by atoms with E-state index in [4.69, 9.17) is 10.5 Å². The van der Waals surface area contributed by atoms with Crippen LogP contribution >= 0.6 is 0 Å². The van der Waals surface area contributed by atoms with E-state index in [2.05, 4.69) is 10.5 Å². The summed E-state index contributed by atoms with van der Waals surface area (Å²) in [5.41, 5.74) is 9.71. The van der Waals surface area contributed by atoms with Crippen LogP contribution in [-0.2, 0) is 4.79 Å². The third-order valence-electron chi connectivity index (χ3n) is 2.46. The maximum absolute atomic E-state index is 11.0. The fourth-order valence-corrected chi connectivity index (χ4v) is 1.62. The molecule has 1 aromatic carbocycles. The Hall–Kier alpha value is -1.88. The Kier molecular flexibility index (Phi) is 3.72. The minimum Gasteiger partial charge on any atom is -0.492 e. The summed E-state index contributed by atoms with van der Waals surface area (Å²) in [6, 6.07) is 7.64. The van der Waals surface area contributed by atoms with Gasteiger partial charge in [0.2, 0.25) is 5.91 Å². The van der Waals surface area contributed by atoms with E-state index >= 15 is 0 Å². The first-order chi connectivity index (χ1) is 8.29. The van der Waals surface area contributed by atoms with Gasteiger partial charge in [-0.25, -0.2) is 5.43 Å². The Labute approximate surface area is 99.6 Å². The van der Waals surface area contributed by atoms with Crippen molar-refractivity contribution in [1.82, 2.24) is 5.43 Å². The highest BCUT2D eigenvalue weighted by molar-refractivity contribution is 6.04. The highest BCUT2D eigenvalue weighted by Crippen LogP contribution is 2.16. The third-order valence-corrected chi connectivity index (χ3v) is 2.46. The zero-order valence-electron chi connectivity index (χ0n) is 9.48. The molecule has 0 saturated heterocycles. The van der Waals surface area contributed by atoms with Crippen LogP contribution in [0.2, 0.25) is 0 Å². The van der Waals surface area contributed by atoms with Gasteiger partial charge >= 0.3 is 0 Å². The largest absolute Gasteiger partial charge is 0.492 e. The number of nitrogens with two attached hydrogens (primary N) is 1. The molecule has 0 aliphatic carbocycles. The summed E-state index contributed by atoms with van der Waals surface area (Å²) in [5.74, 6) is 0.733. The molecule has 0 aromatic heterocycles. The average Bonchev–Trinajstić information content (AvgIpc) is 2.37. The Morgan fingerprint density at radius 3 is 3.00 bits per heavy atom. The molecule has 5 nitrogen and oxygen atoms in total. The summed E-state index contributed by atoms with van der Waals surface area (Å²) in [6.45, 7) is 0.980. The summed E-state index contributed by atoms with van der Waals surface area (Å²) in [5, 5.41) is 4.04.